The monoisotopic (exact) mass is 656 g/mol. The molecule has 0 fully saturated rings. The molecule has 44 heavy (non-hydrogen) atoms. The van der Waals surface area contributed by atoms with Gasteiger partial charge in [-0.25, -0.2) is 0 Å². The Morgan fingerprint density at radius 2 is 0.955 bits per heavy atom. The van der Waals surface area contributed by atoms with E-state index in [1.807, 2.05) is 0 Å². The van der Waals surface area contributed by atoms with Crippen LogP contribution in [0.2, 0.25) is 0 Å². The second-order valence-electron chi connectivity index (χ2n) is 9.06. The lowest BCUT2D eigenvalue weighted by Crippen LogP contribution is -2.37. The van der Waals surface area contributed by atoms with E-state index in [9.17, 15) is 19.2 Å². The number of hydrogen-bond acceptors (Lipinski definition) is 13. The summed E-state index contributed by atoms with van der Waals surface area (Å²) in [6.07, 6.45) is 1.93. The van der Waals surface area contributed by atoms with Crippen LogP contribution in [0, 0.1) is 0 Å². The van der Waals surface area contributed by atoms with Gasteiger partial charge in [-0.2, -0.15) is 11.8 Å². The van der Waals surface area contributed by atoms with Crippen molar-refractivity contribution in [1.29, 1.82) is 0 Å². The summed E-state index contributed by atoms with van der Waals surface area (Å²) in [6, 6.07) is 0. The molecule has 0 saturated carbocycles. The zero-order valence-electron chi connectivity index (χ0n) is 26.2. The van der Waals surface area contributed by atoms with Gasteiger partial charge in [-0.05, 0) is 13.2 Å². The van der Waals surface area contributed by atoms with Gasteiger partial charge in [0.15, 0.2) is 0 Å². The summed E-state index contributed by atoms with van der Waals surface area (Å²) in [5, 5.41) is 13.4. The smallest absolute Gasteiger partial charge is 0.305 e. The first kappa shape index (κ1) is 42.1. The molecule has 0 aromatic carbocycles. The summed E-state index contributed by atoms with van der Waals surface area (Å²) in [5.74, 6) is -1.56. The lowest BCUT2D eigenvalue weighted by atomic mass is 10.3. The van der Waals surface area contributed by atoms with E-state index >= 15 is 0 Å². The van der Waals surface area contributed by atoms with Crippen LogP contribution in [-0.4, -0.2) is 159 Å². The Kier molecular flexibility index (Phi) is 31.1. The van der Waals surface area contributed by atoms with Gasteiger partial charge in [-0.15, -0.1) is 0 Å². The van der Waals surface area contributed by atoms with Crippen molar-refractivity contribution in [3.8, 4) is 0 Å². The fourth-order valence-electron chi connectivity index (χ4n) is 3.06. The van der Waals surface area contributed by atoms with Gasteiger partial charge in [0.05, 0.1) is 117 Å². The van der Waals surface area contributed by atoms with Gasteiger partial charge in [-0.3, -0.25) is 19.2 Å². The molecular formula is C28H52N2O13S. The number of carboxylic acid groups (broad SMARTS) is 1. The van der Waals surface area contributed by atoms with Crippen LogP contribution in [0.1, 0.15) is 26.2 Å². The highest BCUT2D eigenvalue weighted by Gasteiger charge is 2.20. The highest BCUT2D eigenvalue weighted by atomic mass is 32.2. The molecule has 0 aromatic heterocycles. The van der Waals surface area contributed by atoms with Crippen LogP contribution in [-0.2, 0) is 57.1 Å². The predicted octanol–water partition coefficient (Wildman–Crippen LogP) is -0.0729. The van der Waals surface area contributed by atoms with Crippen LogP contribution in [0.15, 0.2) is 0 Å². The SMILES string of the molecule is CSC(CC(=O)O)C(=O)NCCC(=O)NCCOCCOCCOCCOCCOCCOCCOCCOCCC(C)=O. The molecule has 3 N–H and O–H groups in total. The van der Waals surface area contributed by atoms with Gasteiger partial charge in [0, 0.05) is 25.9 Å². The Balaban J connectivity index is 3.26. The zero-order valence-corrected chi connectivity index (χ0v) is 27.0. The first-order valence-electron chi connectivity index (χ1n) is 14.8. The number of ether oxygens (including phenoxy) is 8. The Morgan fingerprint density at radius 3 is 1.32 bits per heavy atom. The maximum atomic E-state index is 11.9. The van der Waals surface area contributed by atoms with Crippen molar-refractivity contribution in [2.45, 2.75) is 31.4 Å². The standard InChI is InChI=1S/C28H52N2O13S/c1-24(31)4-7-36-9-11-38-13-15-40-17-19-42-21-22-43-20-18-41-16-14-39-12-10-37-8-6-29-26(32)3-5-30-28(35)25(44-2)23-27(33)34/h25H,3-23H2,1-2H3,(H,29,32)(H,30,35)(H,33,34). The van der Waals surface area contributed by atoms with E-state index in [0.29, 0.717) is 119 Å². The van der Waals surface area contributed by atoms with Crippen LogP contribution in [0.5, 0.6) is 0 Å². The molecule has 0 aliphatic heterocycles. The first-order chi connectivity index (χ1) is 21.4. The number of thioether (sulfide) groups is 1. The van der Waals surface area contributed by atoms with E-state index in [4.69, 9.17) is 43.0 Å². The number of aliphatic carboxylic acids is 1. The highest BCUT2D eigenvalue weighted by Crippen LogP contribution is 2.10. The van der Waals surface area contributed by atoms with Crippen LogP contribution >= 0.6 is 11.8 Å². The number of carbonyl (C=O) groups is 4. The Hall–Kier alpha value is -1.89. The molecule has 0 spiro atoms. The summed E-state index contributed by atoms with van der Waals surface area (Å²) in [6.45, 7) is 9.10. The van der Waals surface area contributed by atoms with E-state index in [1.54, 1.807) is 6.26 Å². The van der Waals surface area contributed by atoms with Crippen molar-refractivity contribution in [3.05, 3.63) is 0 Å². The minimum atomic E-state index is -1.04. The molecule has 1 unspecified atom stereocenters. The number of carboxylic acids is 1. The molecule has 0 aliphatic carbocycles. The Morgan fingerprint density at radius 1 is 0.568 bits per heavy atom. The molecule has 0 aliphatic rings. The summed E-state index contributed by atoms with van der Waals surface area (Å²) >= 11 is 1.16. The third kappa shape index (κ3) is 31.5. The molecule has 0 saturated heterocycles. The third-order valence-electron chi connectivity index (χ3n) is 5.36. The zero-order chi connectivity index (χ0) is 32.5. The molecule has 258 valence electrons. The molecule has 0 bridgehead atoms. The average Bonchev–Trinajstić information content (AvgIpc) is 2.99. The molecule has 15 nitrogen and oxygen atoms in total. The van der Waals surface area contributed by atoms with Crippen LogP contribution in [0.4, 0.5) is 0 Å². The van der Waals surface area contributed by atoms with Crippen LogP contribution < -0.4 is 10.6 Å². The lowest BCUT2D eigenvalue weighted by molar-refractivity contribution is -0.138. The number of rotatable bonds is 34. The molecule has 16 heteroatoms. The van der Waals surface area contributed by atoms with Crippen molar-refractivity contribution < 1.29 is 62.2 Å². The van der Waals surface area contributed by atoms with Crippen molar-refractivity contribution in [1.82, 2.24) is 10.6 Å². The van der Waals surface area contributed by atoms with Crippen molar-refractivity contribution in [2.75, 3.05) is 125 Å². The molecular weight excluding hydrogens is 604 g/mol. The molecule has 0 heterocycles. The predicted molar refractivity (Wildman–Crippen MR) is 162 cm³/mol. The number of Topliss-reactive ketones (excluding diaryl/α,β-unsaturated/α-hetero) is 1. The number of carbonyl (C=O) groups excluding carboxylic acids is 3. The van der Waals surface area contributed by atoms with E-state index in [-0.39, 0.29) is 31.1 Å². The number of amides is 2. The van der Waals surface area contributed by atoms with Gasteiger partial charge in [0.2, 0.25) is 11.8 Å². The van der Waals surface area contributed by atoms with Gasteiger partial charge in [0.1, 0.15) is 5.78 Å². The maximum absolute atomic E-state index is 11.9. The molecule has 0 aromatic rings. The third-order valence-corrected chi connectivity index (χ3v) is 6.31. The molecule has 1 atom stereocenters. The summed E-state index contributed by atoms with van der Waals surface area (Å²) in [5.41, 5.74) is 0. The van der Waals surface area contributed by atoms with E-state index < -0.39 is 17.1 Å². The largest absolute Gasteiger partial charge is 0.481 e. The number of ketones is 1. The second-order valence-corrected chi connectivity index (χ2v) is 10.1. The second kappa shape index (κ2) is 32.5. The van der Waals surface area contributed by atoms with Crippen molar-refractivity contribution in [2.24, 2.45) is 0 Å². The fourth-order valence-corrected chi connectivity index (χ4v) is 3.67. The number of nitrogens with one attached hydrogen (secondary N) is 2. The first-order valence-corrected chi connectivity index (χ1v) is 16.1. The van der Waals surface area contributed by atoms with E-state index in [1.165, 1.54) is 6.92 Å². The van der Waals surface area contributed by atoms with Gasteiger partial charge in [-0.1, -0.05) is 0 Å². The van der Waals surface area contributed by atoms with Crippen LogP contribution in [0.25, 0.3) is 0 Å². The summed E-state index contributed by atoms with van der Waals surface area (Å²) < 4.78 is 43.1. The van der Waals surface area contributed by atoms with E-state index in [2.05, 4.69) is 10.6 Å². The molecule has 0 radical (unpaired) electrons. The molecule has 2 amide bonds. The topological polar surface area (TPSA) is 186 Å². The quantitative estimate of drug-likeness (QED) is 0.0781. The van der Waals surface area contributed by atoms with Crippen LogP contribution in [0.3, 0.4) is 0 Å². The summed E-state index contributed by atoms with van der Waals surface area (Å²) in [4.78, 5) is 45.2. The minimum absolute atomic E-state index is 0.0958. The maximum Gasteiger partial charge on any atom is 0.305 e. The van der Waals surface area contributed by atoms with Crippen molar-refractivity contribution in [3.63, 3.8) is 0 Å². The average molecular weight is 657 g/mol. The van der Waals surface area contributed by atoms with Gasteiger partial charge < -0.3 is 53.6 Å². The van der Waals surface area contributed by atoms with Crippen molar-refractivity contribution >= 4 is 35.3 Å². The minimum Gasteiger partial charge on any atom is -0.481 e. The Labute approximate surface area is 264 Å². The fraction of sp³-hybridized carbons (Fsp3) is 0.857. The van der Waals surface area contributed by atoms with Gasteiger partial charge in [0.25, 0.3) is 0 Å². The molecule has 0 rings (SSSR count). The Bertz CT molecular complexity index is 734. The number of hydrogen-bond donors (Lipinski definition) is 3. The highest BCUT2D eigenvalue weighted by molar-refractivity contribution is 7.99. The normalized spacial score (nSPS) is 11.8. The summed E-state index contributed by atoms with van der Waals surface area (Å²) in [7, 11) is 0. The lowest BCUT2D eigenvalue weighted by Gasteiger charge is -2.12. The van der Waals surface area contributed by atoms with Gasteiger partial charge >= 0.3 is 5.97 Å². The van der Waals surface area contributed by atoms with E-state index in [0.717, 1.165) is 11.8 Å².